The Morgan fingerprint density at radius 3 is 1.08 bits per heavy atom. The van der Waals surface area contributed by atoms with Gasteiger partial charge in [0.1, 0.15) is 0 Å². The lowest BCUT2D eigenvalue weighted by atomic mass is 9.90. The minimum absolute atomic E-state index is 0.841. The van der Waals surface area contributed by atoms with E-state index in [9.17, 15) is 0 Å². The van der Waals surface area contributed by atoms with Crippen molar-refractivity contribution in [2.24, 2.45) is 0 Å². The van der Waals surface area contributed by atoms with Crippen molar-refractivity contribution in [3.05, 3.63) is 277 Å². The number of benzene rings is 9. The molecular weight excluding hydrogens is 773 g/mol. The van der Waals surface area contributed by atoms with Crippen LogP contribution < -0.4 is 9.80 Å². The highest BCUT2D eigenvalue weighted by molar-refractivity contribution is 5.89. The topological polar surface area (TPSA) is 6.48 Å². The van der Waals surface area contributed by atoms with Gasteiger partial charge in [0.05, 0.1) is 0 Å². The highest BCUT2D eigenvalue weighted by Crippen LogP contribution is 2.35. The summed E-state index contributed by atoms with van der Waals surface area (Å²) in [6.07, 6.45) is 4.63. The van der Waals surface area contributed by atoms with Crippen molar-refractivity contribution in [3.63, 3.8) is 0 Å². The minimum atomic E-state index is 0.841. The van der Waals surface area contributed by atoms with E-state index in [1.165, 1.54) is 61.4 Å². The number of anilines is 2. The fourth-order valence-electron chi connectivity index (χ4n) is 8.37. The van der Waals surface area contributed by atoms with Gasteiger partial charge in [0.25, 0.3) is 0 Å². The van der Waals surface area contributed by atoms with E-state index in [1.807, 2.05) is 0 Å². The van der Waals surface area contributed by atoms with Gasteiger partial charge in [0.2, 0.25) is 0 Å². The number of allylic oxidation sites excluding steroid dienone is 2. The summed E-state index contributed by atoms with van der Waals surface area (Å²) in [4.78, 5) is 4.45. The lowest BCUT2D eigenvalue weighted by molar-refractivity contribution is 0.923. The summed E-state index contributed by atoms with van der Waals surface area (Å²) in [6, 6.07) is 85.5. The summed E-state index contributed by atoms with van der Waals surface area (Å²) >= 11 is 0. The van der Waals surface area contributed by atoms with E-state index in [0.717, 1.165) is 39.9 Å². The van der Waals surface area contributed by atoms with Gasteiger partial charge in [-0.05, 0) is 120 Å². The van der Waals surface area contributed by atoms with E-state index in [4.69, 9.17) is 0 Å². The van der Waals surface area contributed by atoms with Gasteiger partial charge in [0, 0.05) is 39.1 Å². The molecule has 0 bridgehead atoms. The standard InChI is InChI=1S/C62H52N2/c1-63(2)59-37-33-53(34-38-59)61(54-35-39-60(40-36-54)64(3)45-46-15-7-4-8-16-46)41-42-62(57-23-13-21-55(43-57)51-29-25-49(26-30-51)47-17-9-5-10-18-47)58-24-14-22-56(44-58)52-31-27-50(28-32-52)48-19-11-6-12-20-48/h4-44H,45H2,1-3H3. The predicted molar refractivity (Wildman–Crippen MR) is 275 cm³/mol. The van der Waals surface area contributed by atoms with Crippen molar-refractivity contribution in [3.8, 4) is 44.5 Å². The molecule has 64 heavy (non-hydrogen) atoms. The van der Waals surface area contributed by atoms with Gasteiger partial charge >= 0.3 is 0 Å². The van der Waals surface area contributed by atoms with Crippen LogP contribution in [0.3, 0.4) is 0 Å². The summed E-state index contributed by atoms with van der Waals surface area (Å²) in [5.74, 6) is 0. The maximum atomic E-state index is 2.33. The third kappa shape index (κ3) is 9.73. The van der Waals surface area contributed by atoms with E-state index < -0.39 is 0 Å². The molecule has 0 radical (unpaired) electrons. The molecule has 0 spiro atoms. The van der Waals surface area contributed by atoms with E-state index in [-0.39, 0.29) is 0 Å². The van der Waals surface area contributed by atoms with E-state index >= 15 is 0 Å². The van der Waals surface area contributed by atoms with Gasteiger partial charge < -0.3 is 9.80 Å². The molecule has 0 aliphatic carbocycles. The Morgan fingerprint density at radius 2 is 0.656 bits per heavy atom. The number of nitrogens with zero attached hydrogens (tertiary/aromatic N) is 2. The van der Waals surface area contributed by atoms with Crippen LogP contribution >= 0.6 is 0 Å². The van der Waals surface area contributed by atoms with Gasteiger partial charge in [0.15, 0.2) is 0 Å². The van der Waals surface area contributed by atoms with Crippen molar-refractivity contribution >= 4 is 22.5 Å². The molecule has 0 aromatic heterocycles. The summed E-state index contributed by atoms with van der Waals surface area (Å²) in [6.45, 7) is 0.841. The maximum absolute atomic E-state index is 2.33. The summed E-state index contributed by atoms with van der Waals surface area (Å²) in [5, 5.41) is 0. The maximum Gasteiger partial charge on any atom is 0.0426 e. The highest BCUT2D eigenvalue weighted by Gasteiger charge is 2.13. The van der Waals surface area contributed by atoms with Crippen molar-refractivity contribution in [1.82, 2.24) is 0 Å². The first-order valence-electron chi connectivity index (χ1n) is 22.0. The summed E-state index contributed by atoms with van der Waals surface area (Å²) in [5.41, 5.74) is 20.1. The average molecular weight is 825 g/mol. The van der Waals surface area contributed by atoms with Gasteiger partial charge in [-0.2, -0.15) is 0 Å². The van der Waals surface area contributed by atoms with Crippen LogP contribution in [0.25, 0.3) is 55.7 Å². The van der Waals surface area contributed by atoms with E-state index in [1.54, 1.807) is 0 Å². The molecule has 0 fully saturated rings. The molecule has 0 aliphatic rings. The van der Waals surface area contributed by atoms with Crippen LogP contribution in [0.5, 0.6) is 0 Å². The normalized spacial score (nSPS) is 11.2. The van der Waals surface area contributed by atoms with Crippen LogP contribution in [-0.2, 0) is 6.54 Å². The Hall–Kier alpha value is -7.94. The molecule has 0 heterocycles. The Labute approximate surface area is 379 Å². The first-order chi connectivity index (χ1) is 31.4. The molecule has 2 nitrogen and oxygen atoms in total. The lowest BCUT2D eigenvalue weighted by Crippen LogP contribution is -2.16. The van der Waals surface area contributed by atoms with Crippen LogP contribution in [-0.4, -0.2) is 21.1 Å². The molecular formula is C62H52N2. The number of hydrogen-bond donors (Lipinski definition) is 0. The third-order valence-corrected chi connectivity index (χ3v) is 12.0. The first-order valence-corrected chi connectivity index (χ1v) is 22.0. The molecule has 0 saturated heterocycles. The van der Waals surface area contributed by atoms with Crippen LogP contribution in [0.4, 0.5) is 11.4 Å². The van der Waals surface area contributed by atoms with Crippen LogP contribution in [0.2, 0.25) is 0 Å². The largest absolute Gasteiger partial charge is 0.378 e. The van der Waals surface area contributed by atoms with Gasteiger partial charge in [-0.25, -0.2) is 0 Å². The summed E-state index contributed by atoms with van der Waals surface area (Å²) < 4.78 is 0. The second-order valence-corrected chi connectivity index (χ2v) is 16.5. The molecule has 0 unspecified atom stereocenters. The molecule has 0 amide bonds. The fraction of sp³-hybridized carbons (Fsp3) is 0.0645. The molecule has 9 aromatic carbocycles. The molecule has 0 N–H and O–H groups in total. The SMILES string of the molecule is CN(C)c1ccc(C(=CC=C(c2cccc(-c3ccc(-c4ccccc4)cc3)c2)c2cccc(-c3ccc(-c4ccccc4)cc3)c2)c2ccc(N(C)Cc3ccccc3)cc2)cc1. The molecule has 2 heteroatoms. The molecule has 0 atom stereocenters. The van der Waals surface area contributed by atoms with Crippen LogP contribution in [0.15, 0.2) is 249 Å². The van der Waals surface area contributed by atoms with E-state index in [2.05, 4.69) is 280 Å². The Balaban J connectivity index is 1.13. The first kappa shape index (κ1) is 41.4. The van der Waals surface area contributed by atoms with Gasteiger partial charge in [-0.3, -0.25) is 0 Å². The summed E-state index contributed by atoms with van der Waals surface area (Å²) in [7, 11) is 6.33. The second-order valence-electron chi connectivity index (χ2n) is 16.5. The molecule has 310 valence electrons. The van der Waals surface area contributed by atoms with Gasteiger partial charge in [-0.1, -0.05) is 212 Å². The van der Waals surface area contributed by atoms with Crippen LogP contribution in [0.1, 0.15) is 27.8 Å². The quantitative estimate of drug-likeness (QED) is 0.107. The fourth-order valence-corrected chi connectivity index (χ4v) is 8.37. The minimum Gasteiger partial charge on any atom is -0.378 e. The number of rotatable bonds is 13. The zero-order chi connectivity index (χ0) is 43.7. The Kier molecular flexibility index (Phi) is 12.6. The smallest absolute Gasteiger partial charge is 0.0426 e. The molecule has 0 saturated carbocycles. The Bertz CT molecular complexity index is 2850. The van der Waals surface area contributed by atoms with E-state index in [0.29, 0.717) is 0 Å². The number of hydrogen-bond acceptors (Lipinski definition) is 2. The lowest BCUT2D eigenvalue weighted by Gasteiger charge is -2.20. The van der Waals surface area contributed by atoms with Crippen molar-refractivity contribution in [2.75, 3.05) is 30.9 Å². The zero-order valence-electron chi connectivity index (χ0n) is 36.8. The molecule has 9 aromatic rings. The Morgan fingerprint density at radius 1 is 0.312 bits per heavy atom. The predicted octanol–water partition coefficient (Wildman–Crippen LogP) is 15.6. The second kappa shape index (κ2) is 19.4. The van der Waals surface area contributed by atoms with Crippen molar-refractivity contribution < 1.29 is 0 Å². The average Bonchev–Trinajstić information content (AvgIpc) is 3.36. The zero-order valence-corrected chi connectivity index (χ0v) is 36.8. The molecule has 0 aliphatic heterocycles. The monoisotopic (exact) mass is 824 g/mol. The van der Waals surface area contributed by atoms with Crippen molar-refractivity contribution in [2.45, 2.75) is 6.54 Å². The van der Waals surface area contributed by atoms with Crippen LogP contribution in [0, 0.1) is 0 Å². The van der Waals surface area contributed by atoms with Crippen molar-refractivity contribution in [1.29, 1.82) is 0 Å². The third-order valence-electron chi connectivity index (χ3n) is 12.0. The molecule has 9 rings (SSSR count). The van der Waals surface area contributed by atoms with Gasteiger partial charge in [-0.15, -0.1) is 0 Å². The highest BCUT2D eigenvalue weighted by atomic mass is 15.1.